The summed E-state index contributed by atoms with van der Waals surface area (Å²) in [6, 6.07) is -0.713. The van der Waals surface area contributed by atoms with Crippen molar-refractivity contribution in [2.75, 3.05) is 12.3 Å². The number of imide groups is 1. The van der Waals surface area contributed by atoms with Crippen LogP contribution in [0, 0.1) is 0 Å². The van der Waals surface area contributed by atoms with Crippen molar-refractivity contribution in [1.82, 2.24) is 20.4 Å². The lowest BCUT2D eigenvalue weighted by Gasteiger charge is -2.31. The van der Waals surface area contributed by atoms with Gasteiger partial charge in [-0.1, -0.05) is 0 Å². The SMILES string of the molecule is CC1C(=O)NC(=O)CN1C(=O)c1cn[nH]c1N. The van der Waals surface area contributed by atoms with E-state index in [2.05, 4.69) is 15.5 Å². The Morgan fingerprint density at radius 2 is 2.29 bits per heavy atom. The molecular formula is C9H11N5O3. The van der Waals surface area contributed by atoms with E-state index < -0.39 is 23.8 Å². The molecule has 8 heteroatoms. The molecule has 2 heterocycles. The van der Waals surface area contributed by atoms with Gasteiger partial charge in [-0.25, -0.2) is 0 Å². The summed E-state index contributed by atoms with van der Waals surface area (Å²) in [4.78, 5) is 35.8. The Labute approximate surface area is 96.1 Å². The van der Waals surface area contributed by atoms with E-state index in [9.17, 15) is 14.4 Å². The highest BCUT2D eigenvalue weighted by molar-refractivity contribution is 6.08. The van der Waals surface area contributed by atoms with Crippen molar-refractivity contribution >= 4 is 23.5 Å². The van der Waals surface area contributed by atoms with E-state index in [1.165, 1.54) is 13.1 Å². The number of aromatic nitrogens is 2. The van der Waals surface area contributed by atoms with E-state index in [0.29, 0.717) is 0 Å². The maximum atomic E-state index is 12.0. The van der Waals surface area contributed by atoms with Crippen molar-refractivity contribution in [3.05, 3.63) is 11.8 Å². The highest BCUT2D eigenvalue weighted by Crippen LogP contribution is 2.14. The van der Waals surface area contributed by atoms with Crippen molar-refractivity contribution < 1.29 is 14.4 Å². The summed E-state index contributed by atoms with van der Waals surface area (Å²) in [7, 11) is 0. The monoisotopic (exact) mass is 237 g/mol. The summed E-state index contributed by atoms with van der Waals surface area (Å²) >= 11 is 0. The van der Waals surface area contributed by atoms with Crippen molar-refractivity contribution in [3.63, 3.8) is 0 Å². The first-order valence-electron chi connectivity index (χ1n) is 4.94. The van der Waals surface area contributed by atoms with Crippen LogP contribution in [0.4, 0.5) is 5.82 Å². The molecule has 17 heavy (non-hydrogen) atoms. The third-order valence-electron chi connectivity index (χ3n) is 2.58. The van der Waals surface area contributed by atoms with Crippen LogP contribution in [0.2, 0.25) is 0 Å². The Kier molecular flexibility index (Phi) is 2.54. The van der Waals surface area contributed by atoms with Gasteiger partial charge in [0, 0.05) is 0 Å². The first kappa shape index (κ1) is 11.1. The van der Waals surface area contributed by atoms with Crippen LogP contribution in [0.25, 0.3) is 0 Å². The number of nitrogens with two attached hydrogens (primary N) is 1. The number of H-pyrrole nitrogens is 1. The van der Waals surface area contributed by atoms with Crippen molar-refractivity contribution in [2.45, 2.75) is 13.0 Å². The van der Waals surface area contributed by atoms with Gasteiger partial charge >= 0.3 is 0 Å². The summed E-state index contributed by atoms with van der Waals surface area (Å²) in [5, 5.41) is 8.19. The molecule has 4 N–H and O–H groups in total. The van der Waals surface area contributed by atoms with Gasteiger partial charge in [0.15, 0.2) is 0 Å². The smallest absolute Gasteiger partial charge is 0.260 e. The zero-order chi connectivity index (χ0) is 12.6. The highest BCUT2D eigenvalue weighted by atomic mass is 16.2. The molecule has 0 aromatic carbocycles. The number of rotatable bonds is 1. The first-order chi connectivity index (χ1) is 8.00. The number of nitrogens with one attached hydrogen (secondary N) is 2. The maximum Gasteiger partial charge on any atom is 0.260 e. The van der Waals surface area contributed by atoms with E-state index in [0.717, 1.165) is 4.90 Å². The normalized spacial score (nSPS) is 20.3. The Hall–Kier alpha value is -2.38. The lowest BCUT2D eigenvalue weighted by atomic mass is 10.1. The summed E-state index contributed by atoms with van der Waals surface area (Å²) in [6.07, 6.45) is 1.27. The number of hydrogen-bond donors (Lipinski definition) is 3. The minimum atomic E-state index is -0.713. The number of nitrogens with zero attached hydrogens (tertiary/aromatic N) is 2. The minimum Gasteiger partial charge on any atom is -0.383 e. The fourth-order valence-electron chi connectivity index (χ4n) is 1.58. The zero-order valence-electron chi connectivity index (χ0n) is 9.06. The maximum absolute atomic E-state index is 12.0. The number of piperazine rings is 1. The van der Waals surface area contributed by atoms with Crippen molar-refractivity contribution in [2.24, 2.45) is 0 Å². The molecule has 2 rings (SSSR count). The molecule has 8 nitrogen and oxygen atoms in total. The number of hydrogen-bond acceptors (Lipinski definition) is 5. The Morgan fingerprint density at radius 3 is 2.88 bits per heavy atom. The zero-order valence-corrected chi connectivity index (χ0v) is 9.06. The first-order valence-corrected chi connectivity index (χ1v) is 4.94. The standard InChI is InChI=1S/C9H11N5O3/c1-4-8(16)12-6(15)3-14(4)9(17)5-2-11-13-7(5)10/h2,4H,3H2,1H3,(H3,10,11,13)(H,12,15,16). The Balaban J connectivity index is 2.27. The van der Waals surface area contributed by atoms with Gasteiger partial charge in [0.1, 0.15) is 24.0 Å². The predicted molar refractivity (Wildman–Crippen MR) is 56.6 cm³/mol. The van der Waals surface area contributed by atoms with Gasteiger partial charge < -0.3 is 10.6 Å². The second-order valence-electron chi connectivity index (χ2n) is 3.72. The van der Waals surface area contributed by atoms with Crippen LogP contribution in [-0.4, -0.2) is 45.4 Å². The molecule has 1 fully saturated rings. The average molecular weight is 237 g/mol. The van der Waals surface area contributed by atoms with Crippen LogP contribution in [-0.2, 0) is 9.59 Å². The molecule has 0 saturated carbocycles. The molecule has 1 unspecified atom stereocenters. The van der Waals surface area contributed by atoms with Crippen LogP contribution in [0.3, 0.4) is 0 Å². The molecule has 1 aromatic heterocycles. The van der Waals surface area contributed by atoms with E-state index in [4.69, 9.17) is 5.73 Å². The van der Waals surface area contributed by atoms with Gasteiger partial charge in [0.25, 0.3) is 5.91 Å². The topological polar surface area (TPSA) is 121 Å². The second kappa shape index (κ2) is 3.89. The van der Waals surface area contributed by atoms with Gasteiger partial charge in [-0.05, 0) is 6.92 Å². The van der Waals surface area contributed by atoms with Gasteiger partial charge in [0.2, 0.25) is 11.8 Å². The van der Waals surface area contributed by atoms with Crippen LogP contribution in [0.1, 0.15) is 17.3 Å². The molecule has 90 valence electrons. The molecule has 1 saturated heterocycles. The largest absolute Gasteiger partial charge is 0.383 e. The summed E-state index contributed by atoms with van der Waals surface area (Å²) in [5.74, 6) is -1.40. The molecular weight excluding hydrogens is 226 g/mol. The number of carbonyl (C=O) groups is 3. The van der Waals surface area contributed by atoms with Crippen molar-refractivity contribution in [3.8, 4) is 0 Å². The Morgan fingerprint density at radius 1 is 1.59 bits per heavy atom. The molecule has 0 radical (unpaired) electrons. The average Bonchev–Trinajstić information content (AvgIpc) is 2.69. The number of anilines is 1. The molecule has 1 aliphatic rings. The fourth-order valence-corrected chi connectivity index (χ4v) is 1.58. The number of carbonyl (C=O) groups excluding carboxylic acids is 3. The van der Waals surface area contributed by atoms with E-state index in [1.54, 1.807) is 0 Å². The molecule has 0 spiro atoms. The number of amides is 3. The lowest BCUT2D eigenvalue weighted by Crippen LogP contribution is -2.58. The minimum absolute atomic E-state index is 0.112. The van der Waals surface area contributed by atoms with Gasteiger partial charge in [-0.2, -0.15) is 5.10 Å². The second-order valence-corrected chi connectivity index (χ2v) is 3.72. The van der Waals surface area contributed by atoms with E-state index >= 15 is 0 Å². The van der Waals surface area contributed by atoms with Gasteiger partial charge in [0.05, 0.1) is 6.20 Å². The van der Waals surface area contributed by atoms with Crippen LogP contribution >= 0.6 is 0 Å². The summed E-state index contributed by atoms with van der Waals surface area (Å²) in [6.45, 7) is 1.37. The third kappa shape index (κ3) is 1.84. The quantitative estimate of drug-likeness (QED) is 0.512. The number of nitrogen functional groups attached to an aromatic ring is 1. The van der Waals surface area contributed by atoms with Crippen molar-refractivity contribution in [1.29, 1.82) is 0 Å². The van der Waals surface area contributed by atoms with Gasteiger partial charge in [-0.3, -0.25) is 24.8 Å². The predicted octanol–water partition coefficient (Wildman–Crippen LogP) is -1.52. The summed E-state index contributed by atoms with van der Waals surface area (Å²) in [5.41, 5.74) is 5.66. The molecule has 0 aliphatic carbocycles. The van der Waals surface area contributed by atoms with Crippen LogP contribution in [0.15, 0.2) is 6.20 Å². The molecule has 1 aromatic rings. The van der Waals surface area contributed by atoms with Gasteiger partial charge in [-0.15, -0.1) is 0 Å². The van der Waals surface area contributed by atoms with Crippen LogP contribution in [0.5, 0.6) is 0 Å². The third-order valence-corrected chi connectivity index (χ3v) is 2.58. The molecule has 3 amide bonds. The number of aromatic amines is 1. The molecule has 1 aliphatic heterocycles. The van der Waals surface area contributed by atoms with E-state index in [-0.39, 0.29) is 17.9 Å². The van der Waals surface area contributed by atoms with E-state index in [1.807, 2.05) is 0 Å². The lowest BCUT2D eigenvalue weighted by molar-refractivity contribution is -0.138. The highest BCUT2D eigenvalue weighted by Gasteiger charge is 2.34. The molecule has 1 atom stereocenters. The Bertz CT molecular complexity index is 495. The summed E-state index contributed by atoms with van der Waals surface area (Å²) < 4.78 is 0. The van der Waals surface area contributed by atoms with Crippen LogP contribution < -0.4 is 11.1 Å². The molecule has 0 bridgehead atoms. The fraction of sp³-hybridized carbons (Fsp3) is 0.333.